The highest BCUT2D eigenvalue weighted by atomic mass is 32.2. The van der Waals surface area contributed by atoms with Gasteiger partial charge >= 0.3 is 0 Å². The Kier molecular flexibility index (Phi) is 4.64. The molecule has 0 atom stereocenters. The van der Waals surface area contributed by atoms with Gasteiger partial charge in [0, 0.05) is 29.4 Å². The number of anilines is 2. The van der Waals surface area contributed by atoms with Crippen LogP contribution in [0.15, 0.2) is 51.9 Å². The highest BCUT2D eigenvalue weighted by Gasteiger charge is 2.29. The van der Waals surface area contributed by atoms with Crippen LogP contribution in [0.1, 0.15) is 30.6 Å². The van der Waals surface area contributed by atoms with E-state index < -0.39 is 10.0 Å². The molecule has 28 heavy (non-hydrogen) atoms. The molecule has 0 unspecified atom stereocenters. The van der Waals surface area contributed by atoms with Crippen LogP contribution in [0.5, 0.6) is 0 Å². The quantitative estimate of drug-likeness (QED) is 0.699. The second-order valence-corrected chi connectivity index (χ2v) is 8.89. The lowest BCUT2D eigenvalue weighted by atomic mass is 10.1. The second kappa shape index (κ2) is 6.99. The third-order valence-corrected chi connectivity index (χ3v) is 6.66. The summed E-state index contributed by atoms with van der Waals surface area (Å²) in [6, 6.07) is 10.2. The Morgan fingerprint density at radius 2 is 2.04 bits per heavy atom. The molecule has 0 spiro atoms. The number of amides is 1. The third kappa shape index (κ3) is 3.27. The molecular formula is C19H18N4O3S2. The van der Waals surface area contributed by atoms with Crippen LogP contribution in [0.3, 0.4) is 0 Å². The highest BCUT2D eigenvalue weighted by Crippen LogP contribution is 2.33. The summed E-state index contributed by atoms with van der Waals surface area (Å²) in [4.78, 5) is 14.6. The van der Waals surface area contributed by atoms with Gasteiger partial charge in [0.15, 0.2) is 0 Å². The van der Waals surface area contributed by atoms with E-state index in [2.05, 4.69) is 14.1 Å². The summed E-state index contributed by atoms with van der Waals surface area (Å²) < 4.78 is 34.1. The van der Waals surface area contributed by atoms with E-state index in [0.29, 0.717) is 23.8 Å². The van der Waals surface area contributed by atoms with E-state index >= 15 is 0 Å². The summed E-state index contributed by atoms with van der Waals surface area (Å²) in [5.74, 6) is 0.0538. The van der Waals surface area contributed by atoms with Crippen LogP contribution >= 0.6 is 11.5 Å². The average Bonchev–Trinajstić information content (AvgIpc) is 3.12. The van der Waals surface area contributed by atoms with E-state index in [0.717, 1.165) is 16.5 Å². The molecule has 0 bridgehead atoms. The van der Waals surface area contributed by atoms with Crippen molar-refractivity contribution in [3.05, 3.63) is 48.2 Å². The number of carbonyl (C=O) groups excluding carboxylic acids is 1. The SMILES string of the molecule is CCCN1C(C)=NS(=O)(=O)c2cc(C(=O)Nc3ccc4sncc4c3)ccc21. The number of sulfonamides is 1. The fourth-order valence-electron chi connectivity index (χ4n) is 3.19. The first kappa shape index (κ1) is 18.6. The molecule has 0 saturated heterocycles. The number of aromatic nitrogens is 1. The molecule has 0 radical (unpaired) electrons. The van der Waals surface area contributed by atoms with Gasteiger partial charge in [0.2, 0.25) is 0 Å². The zero-order valence-corrected chi connectivity index (χ0v) is 17.0. The first-order valence-corrected chi connectivity index (χ1v) is 11.0. The first-order valence-electron chi connectivity index (χ1n) is 8.78. The van der Waals surface area contributed by atoms with Crippen LogP contribution in [0.25, 0.3) is 10.1 Å². The van der Waals surface area contributed by atoms with Crippen LogP contribution < -0.4 is 10.2 Å². The van der Waals surface area contributed by atoms with Crippen molar-refractivity contribution in [1.29, 1.82) is 0 Å². The average molecular weight is 415 g/mol. The van der Waals surface area contributed by atoms with Crippen molar-refractivity contribution in [3.8, 4) is 0 Å². The molecule has 2 heterocycles. The minimum absolute atomic E-state index is 0.0525. The lowest BCUT2D eigenvalue weighted by molar-refractivity contribution is 0.102. The number of nitrogens with zero attached hydrogens (tertiary/aromatic N) is 3. The van der Waals surface area contributed by atoms with Gasteiger partial charge in [-0.05, 0) is 61.3 Å². The van der Waals surface area contributed by atoms with Crippen molar-refractivity contribution in [2.75, 3.05) is 16.8 Å². The largest absolute Gasteiger partial charge is 0.328 e. The lowest BCUT2D eigenvalue weighted by Gasteiger charge is -2.29. The number of hydrogen-bond acceptors (Lipinski definition) is 6. The van der Waals surface area contributed by atoms with Crippen LogP contribution in [-0.2, 0) is 10.0 Å². The summed E-state index contributed by atoms with van der Waals surface area (Å²) in [6.45, 7) is 4.34. The standard InChI is InChI=1S/C19H18N4O3S2/c1-3-8-23-12(2)22-28(25,26)18-10-13(4-6-16(18)23)19(24)21-15-5-7-17-14(9-15)11-20-27-17/h4-7,9-11H,3,8H2,1-2H3,(H,21,24). The maximum Gasteiger partial charge on any atom is 0.286 e. The maximum atomic E-state index is 12.7. The molecule has 144 valence electrons. The van der Waals surface area contributed by atoms with E-state index in [4.69, 9.17) is 0 Å². The second-order valence-electron chi connectivity index (χ2n) is 6.48. The normalized spacial score (nSPS) is 15.2. The summed E-state index contributed by atoms with van der Waals surface area (Å²) in [5.41, 5.74) is 1.44. The van der Waals surface area contributed by atoms with Crippen LogP contribution in [-0.4, -0.2) is 31.1 Å². The van der Waals surface area contributed by atoms with Gasteiger partial charge in [-0.15, -0.1) is 4.40 Å². The van der Waals surface area contributed by atoms with E-state index in [-0.39, 0.29) is 16.4 Å². The fourth-order valence-corrected chi connectivity index (χ4v) is 5.08. The minimum Gasteiger partial charge on any atom is -0.328 e. The van der Waals surface area contributed by atoms with Crippen LogP contribution in [0.4, 0.5) is 11.4 Å². The summed E-state index contributed by atoms with van der Waals surface area (Å²) in [6.07, 6.45) is 2.58. The van der Waals surface area contributed by atoms with Gasteiger partial charge in [0.25, 0.3) is 15.9 Å². The van der Waals surface area contributed by atoms with Gasteiger partial charge in [0.1, 0.15) is 10.7 Å². The summed E-state index contributed by atoms with van der Waals surface area (Å²) in [5, 5.41) is 3.75. The third-order valence-electron chi connectivity index (χ3n) is 4.49. The Balaban J connectivity index is 1.67. The zero-order valence-electron chi connectivity index (χ0n) is 15.3. The monoisotopic (exact) mass is 414 g/mol. The highest BCUT2D eigenvalue weighted by molar-refractivity contribution is 7.90. The van der Waals surface area contributed by atoms with Crippen molar-refractivity contribution >= 4 is 54.8 Å². The minimum atomic E-state index is -3.83. The number of carbonyl (C=O) groups is 1. The molecule has 4 rings (SSSR count). The van der Waals surface area contributed by atoms with Gasteiger partial charge in [-0.25, -0.2) is 0 Å². The number of fused-ring (bicyclic) bond motifs is 2. The summed E-state index contributed by atoms with van der Waals surface area (Å²) in [7, 11) is -3.83. The first-order chi connectivity index (χ1) is 13.4. The van der Waals surface area contributed by atoms with Crippen molar-refractivity contribution in [3.63, 3.8) is 0 Å². The smallest absolute Gasteiger partial charge is 0.286 e. The molecule has 1 aliphatic heterocycles. The van der Waals surface area contributed by atoms with Gasteiger partial charge < -0.3 is 10.2 Å². The lowest BCUT2D eigenvalue weighted by Crippen LogP contribution is -2.34. The Morgan fingerprint density at radius 1 is 1.21 bits per heavy atom. The van der Waals surface area contributed by atoms with Crippen LogP contribution in [0, 0.1) is 0 Å². The Labute approximate surface area is 166 Å². The topological polar surface area (TPSA) is 91.7 Å². The zero-order chi connectivity index (χ0) is 19.9. The molecule has 1 amide bonds. The van der Waals surface area contributed by atoms with E-state index in [1.807, 2.05) is 24.0 Å². The Hall–Kier alpha value is -2.78. The van der Waals surface area contributed by atoms with E-state index in [1.54, 1.807) is 31.3 Å². The van der Waals surface area contributed by atoms with Gasteiger partial charge in [-0.2, -0.15) is 12.8 Å². The van der Waals surface area contributed by atoms with Crippen molar-refractivity contribution < 1.29 is 13.2 Å². The molecule has 9 heteroatoms. The number of nitrogens with one attached hydrogen (secondary N) is 1. The number of rotatable bonds is 4. The predicted molar refractivity (Wildman–Crippen MR) is 112 cm³/mol. The maximum absolute atomic E-state index is 12.7. The van der Waals surface area contributed by atoms with Crippen molar-refractivity contribution in [1.82, 2.24) is 4.37 Å². The molecule has 7 nitrogen and oxygen atoms in total. The summed E-state index contributed by atoms with van der Waals surface area (Å²) >= 11 is 1.38. The molecule has 0 saturated carbocycles. The molecule has 3 aromatic rings. The number of benzene rings is 2. The van der Waals surface area contributed by atoms with Gasteiger partial charge in [-0.1, -0.05) is 6.92 Å². The Morgan fingerprint density at radius 3 is 2.82 bits per heavy atom. The number of hydrogen-bond donors (Lipinski definition) is 1. The molecule has 1 N–H and O–H groups in total. The molecular weight excluding hydrogens is 396 g/mol. The van der Waals surface area contributed by atoms with Crippen molar-refractivity contribution in [2.45, 2.75) is 25.2 Å². The molecule has 0 fully saturated rings. The molecule has 2 aromatic carbocycles. The molecule has 1 aromatic heterocycles. The van der Waals surface area contributed by atoms with Crippen LogP contribution in [0.2, 0.25) is 0 Å². The van der Waals surface area contributed by atoms with Gasteiger partial charge in [0.05, 0.1) is 10.4 Å². The predicted octanol–water partition coefficient (Wildman–Crippen LogP) is 3.89. The molecule has 1 aliphatic rings. The molecule has 0 aliphatic carbocycles. The van der Waals surface area contributed by atoms with E-state index in [1.165, 1.54) is 17.6 Å². The fraction of sp³-hybridized carbons (Fsp3) is 0.211. The number of amidine groups is 1. The van der Waals surface area contributed by atoms with Crippen molar-refractivity contribution in [2.24, 2.45) is 4.40 Å². The van der Waals surface area contributed by atoms with E-state index in [9.17, 15) is 13.2 Å². The Bertz CT molecular complexity index is 1210. The van der Waals surface area contributed by atoms with Gasteiger partial charge in [-0.3, -0.25) is 4.79 Å².